The molecule has 62 valence electrons. The molecule has 2 N–H and O–H groups in total. The lowest BCUT2D eigenvalue weighted by molar-refractivity contribution is 0.273. The fraction of sp³-hybridized carbons (Fsp3) is 0.286. The Morgan fingerprint density at radius 1 is 1.50 bits per heavy atom. The van der Waals surface area contributed by atoms with E-state index in [2.05, 4.69) is 19.9 Å². The minimum Gasteiger partial charge on any atom is -0.388 e. The molecular formula is C7H8N4O. The highest BCUT2D eigenvalue weighted by atomic mass is 16.3. The number of aliphatic hydroxyl groups is 1. The predicted molar refractivity (Wildman–Crippen MR) is 42.3 cm³/mol. The van der Waals surface area contributed by atoms with Crippen LogP contribution in [0.1, 0.15) is 11.5 Å². The highest BCUT2D eigenvalue weighted by molar-refractivity contribution is 5.72. The molecule has 0 saturated carbocycles. The fourth-order valence-corrected chi connectivity index (χ4v) is 1.07. The number of aromatic amines is 1. The molecule has 0 aliphatic rings. The van der Waals surface area contributed by atoms with Gasteiger partial charge in [-0.05, 0) is 6.92 Å². The standard InChI is InChI=1S/C7H8N4O/c1-4-6-7(9-3-8-4)11-5(2-12)10-6/h3,12H,2H2,1H3,(H,8,9,10,11). The first-order valence-corrected chi connectivity index (χ1v) is 3.58. The van der Waals surface area contributed by atoms with Crippen LogP contribution in [0, 0.1) is 6.92 Å². The zero-order chi connectivity index (χ0) is 8.55. The first-order chi connectivity index (χ1) is 5.81. The average Bonchev–Trinajstić information content (AvgIpc) is 2.49. The second-order valence-electron chi connectivity index (χ2n) is 2.50. The van der Waals surface area contributed by atoms with Gasteiger partial charge in [0, 0.05) is 0 Å². The lowest BCUT2D eigenvalue weighted by atomic mass is 10.4. The van der Waals surface area contributed by atoms with Gasteiger partial charge >= 0.3 is 0 Å². The highest BCUT2D eigenvalue weighted by Crippen LogP contribution is 2.10. The molecule has 0 atom stereocenters. The summed E-state index contributed by atoms with van der Waals surface area (Å²) < 4.78 is 0. The van der Waals surface area contributed by atoms with Crippen molar-refractivity contribution in [3.8, 4) is 0 Å². The Bertz CT molecular complexity index is 409. The lowest BCUT2D eigenvalue weighted by Gasteiger charge is -1.89. The van der Waals surface area contributed by atoms with Crippen molar-refractivity contribution in [3.63, 3.8) is 0 Å². The van der Waals surface area contributed by atoms with Crippen molar-refractivity contribution in [3.05, 3.63) is 17.8 Å². The fourth-order valence-electron chi connectivity index (χ4n) is 1.07. The topological polar surface area (TPSA) is 74.7 Å². The Hall–Kier alpha value is -1.49. The quantitative estimate of drug-likeness (QED) is 0.629. The Morgan fingerprint density at radius 2 is 2.33 bits per heavy atom. The molecule has 0 saturated heterocycles. The van der Waals surface area contributed by atoms with Crippen molar-refractivity contribution < 1.29 is 5.11 Å². The van der Waals surface area contributed by atoms with E-state index in [1.807, 2.05) is 6.92 Å². The van der Waals surface area contributed by atoms with Crippen LogP contribution in [0.4, 0.5) is 0 Å². The molecule has 12 heavy (non-hydrogen) atoms. The van der Waals surface area contributed by atoms with Crippen molar-refractivity contribution in [2.75, 3.05) is 0 Å². The Balaban J connectivity index is 2.74. The van der Waals surface area contributed by atoms with E-state index in [0.29, 0.717) is 11.5 Å². The van der Waals surface area contributed by atoms with E-state index >= 15 is 0 Å². The van der Waals surface area contributed by atoms with Gasteiger partial charge in [0.2, 0.25) is 0 Å². The Labute approximate surface area is 68.5 Å². The van der Waals surface area contributed by atoms with Crippen molar-refractivity contribution >= 4 is 11.2 Å². The number of nitrogens with one attached hydrogen (secondary N) is 1. The number of fused-ring (bicyclic) bond motifs is 1. The zero-order valence-corrected chi connectivity index (χ0v) is 6.57. The van der Waals surface area contributed by atoms with E-state index in [-0.39, 0.29) is 6.61 Å². The molecule has 2 heterocycles. The van der Waals surface area contributed by atoms with E-state index < -0.39 is 0 Å². The maximum Gasteiger partial charge on any atom is 0.181 e. The molecule has 0 radical (unpaired) electrons. The van der Waals surface area contributed by atoms with Crippen LogP contribution >= 0.6 is 0 Å². The van der Waals surface area contributed by atoms with Crippen LogP contribution < -0.4 is 0 Å². The normalized spacial score (nSPS) is 10.8. The maximum atomic E-state index is 8.79. The van der Waals surface area contributed by atoms with Gasteiger partial charge in [0.15, 0.2) is 5.65 Å². The molecule has 2 aromatic heterocycles. The van der Waals surface area contributed by atoms with E-state index in [1.165, 1.54) is 6.33 Å². The van der Waals surface area contributed by atoms with Crippen molar-refractivity contribution in [1.82, 2.24) is 19.9 Å². The summed E-state index contributed by atoms with van der Waals surface area (Å²) in [5.41, 5.74) is 2.24. The van der Waals surface area contributed by atoms with Crippen LogP contribution in [-0.2, 0) is 6.61 Å². The number of hydrogen-bond donors (Lipinski definition) is 2. The van der Waals surface area contributed by atoms with Crippen molar-refractivity contribution in [2.45, 2.75) is 13.5 Å². The number of aromatic nitrogens is 4. The predicted octanol–water partition coefficient (Wildman–Crippen LogP) is 0.154. The third-order valence-corrected chi connectivity index (χ3v) is 1.68. The summed E-state index contributed by atoms with van der Waals surface area (Å²) in [5, 5.41) is 8.79. The molecule has 0 amide bonds. The summed E-state index contributed by atoms with van der Waals surface area (Å²) in [6.07, 6.45) is 1.46. The number of rotatable bonds is 1. The molecule has 2 rings (SSSR count). The third-order valence-electron chi connectivity index (χ3n) is 1.68. The number of aliphatic hydroxyl groups excluding tert-OH is 1. The molecule has 0 fully saturated rings. The van der Waals surface area contributed by atoms with Crippen LogP contribution in [-0.4, -0.2) is 25.0 Å². The molecule has 5 heteroatoms. The molecular weight excluding hydrogens is 156 g/mol. The first kappa shape index (κ1) is 7.17. The third kappa shape index (κ3) is 0.947. The van der Waals surface area contributed by atoms with Gasteiger partial charge in [-0.15, -0.1) is 0 Å². The molecule has 0 unspecified atom stereocenters. The van der Waals surface area contributed by atoms with Gasteiger partial charge in [-0.3, -0.25) is 0 Å². The van der Waals surface area contributed by atoms with E-state index in [9.17, 15) is 0 Å². The molecule has 0 aromatic carbocycles. The second-order valence-corrected chi connectivity index (χ2v) is 2.50. The van der Waals surface area contributed by atoms with Crippen molar-refractivity contribution in [2.24, 2.45) is 0 Å². The summed E-state index contributed by atoms with van der Waals surface area (Å²) in [6, 6.07) is 0. The summed E-state index contributed by atoms with van der Waals surface area (Å²) in [7, 11) is 0. The summed E-state index contributed by atoms with van der Waals surface area (Å²) in [6.45, 7) is 1.76. The summed E-state index contributed by atoms with van der Waals surface area (Å²) in [5.74, 6) is 0.522. The van der Waals surface area contributed by atoms with E-state index in [1.54, 1.807) is 0 Å². The van der Waals surface area contributed by atoms with Gasteiger partial charge in [0.05, 0.1) is 5.69 Å². The van der Waals surface area contributed by atoms with Gasteiger partial charge in [-0.2, -0.15) is 0 Å². The van der Waals surface area contributed by atoms with Crippen LogP contribution in [0.2, 0.25) is 0 Å². The molecule has 5 nitrogen and oxygen atoms in total. The zero-order valence-electron chi connectivity index (χ0n) is 6.57. The summed E-state index contributed by atoms with van der Waals surface area (Å²) >= 11 is 0. The number of hydrogen-bond acceptors (Lipinski definition) is 4. The minimum absolute atomic E-state index is 0.101. The van der Waals surface area contributed by atoms with Crippen LogP contribution in [0.25, 0.3) is 11.2 Å². The van der Waals surface area contributed by atoms with Crippen LogP contribution in [0.5, 0.6) is 0 Å². The van der Waals surface area contributed by atoms with Crippen LogP contribution in [0.15, 0.2) is 6.33 Å². The van der Waals surface area contributed by atoms with Gasteiger partial charge < -0.3 is 10.1 Å². The molecule has 0 bridgehead atoms. The monoisotopic (exact) mass is 164 g/mol. The number of nitrogens with zero attached hydrogens (tertiary/aromatic N) is 3. The van der Waals surface area contributed by atoms with Gasteiger partial charge in [-0.25, -0.2) is 15.0 Å². The van der Waals surface area contributed by atoms with E-state index in [0.717, 1.165) is 11.2 Å². The maximum absolute atomic E-state index is 8.79. The first-order valence-electron chi connectivity index (χ1n) is 3.58. The molecule has 0 aliphatic heterocycles. The Kier molecular flexibility index (Phi) is 1.51. The van der Waals surface area contributed by atoms with Crippen molar-refractivity contribution in [1.29, 1.82) is 0 Å². The molecule has 0 spiro atoms. The van der Waals surface area contributed by atoms with Gasteiger partial charge in [0.25, 0.3) is 0 Å². The van der Waals surface area contributed by atoms with Gasteiger partial charge in [0.1, 0.15) is 24.3 Å². The van der Waals surface area contributed by atoms with E-state index in [4.69, 9.17) is 5.11 Å². The highest BCUT2D eigenvalue weighted by Gasteiger charge is 2.04. The lowest BCUT2D eigenvalue weighted by Crippen LogP contribution is -1.84. The smallest absolute Gasteiger partial charge is 0.181 e. The number of imidazole rings is 1. The molecule has 2 aromatic rings. The van der Waals surface area contributed by atoms with Gasteiger partial charge in [-0.1, -0.05) is 0 Å². The number of H-pyrrole nitrogens is 1. The average molecular weight is 164 g/mol. The van der Waals surface area contributed by atoms with Crippen LogP contribution in [0.3, 0.4) is 0 Å². The largest absolute Gasteiger partial charge is 0.388 e. The SMILES string of the molecule is Cc1ncnc2nc(CO)[nH]c12. The Morgan fingerprint density at radius 3 is 3.00 bits per heavy atom. The second kappa shape index (κ2) is 2.53. The number of aryl methyl sites for hydroxylation is 1. The minimum atomic E-state index is -0.101. The summed E-state index contributed by atoms with van der Waals surface area (Å²) in [4.78, 5) is 14.9. The molecule has 0 aliphatic carbocycles.